The van der Waals surface area contributed by atoms with E-state index in [1.54, 1.807) is 0 Å². The first-order valence-corrected chi connectivity index (χ1v) is 6.67. The van der Waals surface area contributed by atoms with Gasteiger partial charge in [-0.1, -0.05) is 17.7 Å². The minimum atomic E-state index is 0.126. The highest BCUT2D eigenvalue weighted by Gasteiger charge is 2.07. The molecule has 2 N–H and O–H groups in total. The molecular formula is C16H18ClNO. The molecule has 0 fully saturated rings. The van der Waals surface area contributed by atoms with Gasteiger partial charge in [-0.25, -0.2) is 0 Å². The second-order valence-corrected chi connectivity index (χ2v) is 5.35. The predicted molar refractivity (Wildman–Crippen MR) is 81.8 cm³/mol. The number of hydrogen-bond acceptors (Lipinski definition) is 2. The summed E-state index contributed by atoms with van der Waals surface area (Å²) >= 11 is 5.99. The SMILES string of the molecule is Cc1cc(Cl)ccc1-c1cc(N)cc(OC(C)C)c1. The molecule has 0 aliphatic rings. The van der Waals surface area contributed by atoms with E-state index in [9.17, 15) is 0 Å². The van der Waals surface area contributed by atoms with E-state index in [1.165, 1.54) is 0 Å². The van der Waals surface area contributed by atoms with Crippen LogP contribution >= 0.6 is 11.6 Å². The van der Waals surface area contributed by atoms with Gasteiger partial charge >= 0.3 is 0 Å². The van der Waals surface area contributed by atoms with Crippen LogP contribution in [0.5, 0.6) is 5.75 Å². The Bertz CT molecular complexity index is 593. The smallest absolute Gasteiger partial charge is 0.122 e. The first-order valence-electron chi connectivity index (χ1n) is 6.29. The molecule has 0 amide bonds. The first-order chi connectivity index (χ1) is 8.95. The third-order valence-corrected chi connectivity index (χ3v) is 3.04. The van der Waals surface area contributed by atoms with Gasteiger partial charge < -0.3 is 10.5 Å². The van der Waals surface area contributed by atoms with E-state index in [1.807, 2.05) is 57.2 Å². The predicted octanol–water partition coefficient (Wildman–Crippen LogP) is 4.68. The average Bonchev–Trinajstić information content (AvgIpc) is 2.26. The number of nitrogens with two attached hydrogens (primary N) is 1. The van der Waals surface area contributed by atoms with Crippen molar-refractivity contribution in [2.45, 2.75) is 26.9 Å². The molecule has 3 heteroatoms. The number of aryl methyl sites for hydroxylation is 1. The number of benzene rings is 2. The van der Waals surface area contributed by atoms with Crippen molar-refractivity contribution in [1.82, 2.24) is 0 Å². The molecular weight excluding hydrogens is 258 g/mol. The molecule has 2 rings (SSSR count). The van der Waals surface area contributed by atoms with Gasteiger partial charge in [0.15, 0.2) is 0 Å². The van der Waals surface area contributed by atoms with Crippen LogP contribution in [0.1, 0.15) is 19.4 Å². The zero-order chi connectivity index (χ0) is 14.0. The maximum absolute atomic E-state index is 5.99. The Morgan fingerprint density at radius 2 is 1.84 bits per heavy atom. The summed E-state index contributed by atoms with van der Waals surface area (Å²) in [5.41, 5.74) is 9.92. The van der Waals surface area contributed by atoms with Gasteiger partial charge in [0.1, 0.15) is 5.75 Å². The van der Waals surface area contributed by atoms with E-state index in [-0.39, 0.29) is 6.10 Å². The van der Waals surface area contributed by atoms with Crippen LogP contribution in [0.4, 0.5) is 5.69 Å². The summed E-state index contributed by atoms with van der Waals surface area (Å²) < 4.78 is 5.71. The van der Waals surface area contributed by atoms with E-state index in [2.05, 4.69) is 0 Å². The van der Waals surface area contributed by atoms with Crippen LogP contribution in [0.3, 0.4) is 0 Å². The molecule has 19 heavy (non-hydrogen) atoms. The number of ether oxygens (including phenoxy) is 1. The van der Waals surface area contributed by atoms with Crippen molar-refractivity contribution in [2.24, 2.45) is 0 Å². The second kappa shape index (κ2) is 5.54. The van der Waals surface area contributed by atoms with E-state index >= 15 is 0 Å². The number of hydrogen-bond donors (Lipinski definition) is 1. The molecule has 0 atom stereocenters. The van der Waals surface area contributed by atoms with Gasteiger partial charge in [0, 0.05) is 16.8 Å². The Morgan fingerprint density at radius 3 is 2.47 bits per heavy atom. The number of halogens is 1. The molecule has 0 saturated heterocycles. The minimum absolute atomic E-state index is 0.126. The molecule has 0 aromatic heterocycles. The molecule has 0 unspecified atom stereocenters. The fourth-order valence-corrected chi connectivity index (χ4v) is 2.30. The van der Waals surface area contributed by atoms with Crippen LogP contribution in [0.2, 0.25) is 5.02 Å². The lowest BCUT2D eigenvalue weighted by Crippen LogP contribution is -2.06. The van der Waals surface area contributed by atoms with E-state index in [0.717, 1.165) is 27.5 Å². The highest BCUT2D eigenvalue weighted by atomic mass is 35.5. The van der Waals surface area contributed by atoms with Crippen molar-refractivity contribution in [1.29, 1.82) is 0 Å². The van der Waals surface area contributed by atoms with Crippen molar-refractivity contribution < 1.29 is 4.74 Å². The zero-order valence-electron chi connectivity index (χ0n) is 11.4. The zero-order valence-corrected chi connectivity index (χ0v) is 12.2. The van der Waals surface area contributed by atoms with E-state index < -0.39 is 0 Å². The van der Waals surface area contributed by atoms with Crippen molar-refractivity contribution in [3.63, 3.8) is 0 Å². The summed E-state index contributed by atoms with van der Waals surface area (Å²) in [5, 5.41) is 0.740. The number of rotatable bonds is 3. The second-order valence-electron chi connectivity index (χ2n) is 4.92. The minimum Gasteiger partial charge on any atom is -0.491 e. The van der Waals surface area contributed by atoms with Gasteiger partial charge in [-0.15, -0.1) is 0 Å². The molecule has 0 aliphatic heterocycles. The molecule has 2 nitrogen and oxygen atoms in total. The normalized spacial score (nSPS) is 10.8. The molecule has 0 radical (unpaired) electrons. The molecule has 0 spiro atoms. The topological polar surface area (TPSA) is 35.2 Å². The summed E-state index contributed by atoms with van der Waals surface area (Å²) in [6.07, 6.45) is 0.126. The summed E-state index contributed by atoms with van der Waals surface area (Å²) in [6.45, 7) is 6.03. The molecule has 0 bridgehead atoms. The molecule has 2 aromatic carbocycles. The van der Waals surface area contributed by atoms with Gasteiger partial charge in [0.25, 0.3) is 0 Å². The summed E-state index contributed by atoms with van der Waals surface area (Å²) in [6, 6.07) is 11.6. The summed E-state index contributed by atoms with van der Waals surface area (Å²) in [5.74, 6) is 0.791. The van der Waals surface area contributed by atoms with Crippen LogP contribution < -0.4 is 10.5 Å². The molecule has 0 saturated carbocycles. The van der Waals surface area contributed by atoms with Gasteiger partial charge in [-0.05, 0) is 61.7 Å². The van der Waals surface area contributed by atoms with Crippen LogP contribution in [0.15, 0.2) is 36.4 Å². The largest absolute Gasteiger partial charge is 0.491 e. The Kier molecular flexibility index (Phi) is 4.01. The first kappa shape index (κ1) is 13.8. The standard InChI is InChI=1S/C16H18ClNO/c1-10(2)19-15-8-12(7-14(18)9-15)16-5-4-13(17)6-11(16)3/h4-10H,18H2,1-3H3. The fourth-order valence-electron chi connectivity index (χ4n) is 2.07. The molecule has 0 aliphatic carbocycles. The lowest BCUT2D eigenvalue weighted by molar-refractivity contribution is 0.242. The Morgan fingerprint density at radius 1 is 1.11 bits per heavy atom. The third-order valence-electron chi connectivity index (χ3n) is 2.80. The summed E-state index contributed by atoms with van der Waals surface area (Å²) in [7, 11) is 0. The van der Waals surface area contributed by atoms with Gasteiger partial charge in [0.2, 0.25) is 0 Å². The van der Waals surface area contributed by atoms with Crippen LogP contribution in [-0.2, 0) is 0 Å². The van der Waals surface area contributed by atoms with Crippen molar-refractivity contribution in [2.75, 3.05) is 5.73 Å². The lowest BCUT2D eigenvalue weighted by Gasteiger charge is -2.13. The monoisotopic (exact) mass is 275 g/mol. The number of anilines is 1. The molecule has 100 valence electrons. The molecule has 0 heterocycles. The Hall–Kier alpha value is -1.67. The maximum atomic E-state index is 5.99. The van der Waals surface area contributed by atoms with E-state index in [4.69, 9.17) is 22.1 Å². The quantitative estimate of drug-likeness (QED) is 0.825. The van der Waals surface area contributed by atoms with Gasteiger partial charge in [-0.3, -0.25) is 0 Å². The third kappa shape index (κ3) is 3.42. The Labute approximate surface area is 119 Å². The maximum Gasteiger partial charge on any atom is 0.122 e. The Balaban J connectivity index is 2.46. The van der Waals surface area contributed by atoms with Crippen LogP contribution in [0.25, 0.3) is 11.1 Å². The van der Waals surface area contributed by atoms with Gasteiger partial charge in [-0.2, -0.15) is 0 Å². The lowest BCUT2D eigenvalue weighted by atomic mass is 10.00. The highest BCUT2D eigenvalue weighted by Crippen LogP contribution is 2.31. The highest BCUT2D eigenvalue weighted by molar-refractivity contribution is 6.30. The number of nitrogen functional groups attached to an aromatic ring is 1. The van der Waals surface area contributed by atoms with E-state index in [0.29, 0.717) is 5.69 Å². The van der Waals surface area contributed by atoms with Gasteiger partial charge in [0.05, 0.1) is 6.10 Å². The molecule has 2 aromatic rings. The summed E-state index contributed by atoms with van der Waals surface area (Å²) in [4.78, 5) is 0. The average molecular weight is 276 g/mol. The van der Waals surface area contributed by atoms with Crippen LogP contribution in [-0.4, -0.2) is 6.10 Å². The van der Waals surface area contributed by atoms with Crippen molar-refractivity contribution in [3.8, 4) is 16.9 Å². The van der Waals surface area contributed by atoms with Crippen LogP contribution in [0, 0.1) is 6.92 Å². The fraction of sp³-hybridized carbons (Fsp3) is 0.250. The van der Waals surface area contributed by atoms with Crippen molar-refractivity contribution in [3.05, 3.63) is 47.0 Å². The van der Waals surface area contributed by atoms with Crippen molar-refractivity contribution >= 4 is 17.3 Å².